The van der Waals surface area contributed by atoms with Crippen LogP contribution < -0.4 is 10.1 Å². The quantitative estimate of drug-likeness (QED) is 0.887. The molecule has 0 radical (unpaired) electrons. The van der Waals surface area contributed by atoms with Crippen LogP contribution in [0.1, 0.15) is 6.42 Å². The molecule has 23 heavy (non-hydrogen) atoms. The van der Waals surface area contributed by atoms with Crippen LogP contribution in [-0.2, 0) is 4.79 Å². The number of carbonyl (C=O) groups is 1. The van der Waals surface area contributed by atoms with Crippen molar-refractivity contribution in [3.05, 3.63) is 29.3 Å². The van der Waals surface area contributed by atoms with Crippen molar-refractivity contribution >= 4 is 29.9 Å². The van der Waals surface area contributed by atoms with Crippen LogP contribution in [0.15, 0.2) is 24.3 Å². The van der Waals surface area contributed by atoms with Gasteiger partial charge in [-0.15, -0.1) is 12.4 Å². The molecule has 1 amide bonds. The predicted octanol–water partition coefficient (Wildman–Crippen LogP) is 1.65. The van der Waals surface area contributed by atoms with Gasteiger partial charge in [0.2, 0.25) is 0 Å². The zero-order chi connectivity index (χ0) is 15.4. The molecule has 0 spiro atoms. The molecule has 1 aromatic rings. The highest BCUT2D eigenvalue weighted by Crippen LogP contribution is 2.16. The van der Waals surface area contributed by atoms with Crippen LogP contribution >= 0.6 is 24.0 Å². The molecule has 7 heteroatoms. The van der Waals surface area contributed by atoms with Crippen LogP contribution in [-0.4, -0.2) is 67.6 Å². The fraction of sp³-hybridized carbons (Fsp3) is 0.562. The number of piperazine rings is 1. The van der Waals surface area contributed by atoms with E-state index >= 15 is 0 Å². The Hall–Kier alpha value is -1.01. The standard InChI is InChI=1S/C16H22ClN3O2.ClH/c17-13-1-3-15(4-2-13)22-12-16(21)20-9-7-19(8-10-20)14-5-6-18-11-14;/h1-4,14,18H,5-12H2;1H. The van der Waals surface area contributed by atoms with Gasteiger partial charge in [-0.05, 0) is 37.2 Å². The Morgan fingerprint density at radius 3 is 2.52 bits per heavy atom. The topological polar surface area (TPSA) is 44.8 Å². The van der Waals surface area contributed by atoms with E-state index in [1.807, 2.05) is 4.90 Å². The number of ether oxygens (including phenoxy) is 1. The third-order valence-electron chi connectivity index (χ3n) is 4.39. The number of hydrogen-bond donors (Lipinski definition) is 1. The molecular weight excluding hydrogens is 337 g/mol. The molecule has 5 nitrogen and oxygen atoms in total. The number of nitrogens with one attached hydrogen (secondary N) is 1. The average molecular weight is 360 g/mol. The molecule has 1 atom stereocenters. The third kappa shape index (κ3) is 4.98. The fourth-order valence-electron chi connectivity index (χ4n) is 3.05. The SMILES string of the molecule is Cl.O=C(COc1ccc(Cl)cc1)N1CCN(C2CCNC2)CC1. The smallest absolute Gasteiger partial charge is 0.260 e. The molecule has 1 N–H and O–H groups in total. The number of nitrogens with zero attached hydrogens (tertiary/aromatic N) is 2. The number of rotatable bonds is 4. The van der Waals surface area contributed by atoms with Gasteiger partial charge < -0.3 is 15.0 Å². The minimum absolute atomic E-state index is 0. The molecule has 0 saturated carbocycles. The first-order chi connectivity index (χ1) is 10.7. The van der Waals surface area contributed by atoms with Gasteiger partial charge in [-0.3, -0.25) is 9.69 Å². The minimum Gasteiger partial charge on any atom is -0.484 e. The molecule has 2 saturated heterocycles. The van der Waals surface area contributed by atoms with Crippen LogP contribution in [0.5, 0.6) is 5.75 Å². The highest BCUT2D eigenvalue weighted by atomic mass is 35.5. The van der Waals surface area contributed by atoms with E-state index in [1.54, 1.807) is 24.3 Å². The number of carbonyl (C=O) groups excluding carboxylic acids is 1. The van der Waals surface area contributed by atoms with Crippen molar-refractivity contribution in [2.75, 3.05) is 45.9 Å². The Labute approximate surface area is 148 Å². The summed E-state index contributed by atoms with van der Waals surface area (Å²) in [6, 6.07) is 7.72. The lowest BCUT2D eigenvalue weighted by molar-refractivity contribution is -0.135. The zero-order valence-electron chi connectivity index (χ0n) is 13.0. The van der Waals surface area contributed by atoms with Gasteiger partial charge in [-0.2, -0.15) is 0 Å². The van der Waals surface area contributed by atoms with Crippen molar-refractivity contribution in [2.45, 2.75) is 12.5 Å². The highest BCUT2D eigenvalue weighted by molar-refractivity contribution is 6.30. The average Bonchev–Trinajstić information content (AvgIpc) is 3.09. The van der Waals surface area contributed by atoms with Crippen LogP contribution in [0.3, 0.4) is 0 Å². The molecule has 2 fully saturated rings. The minimum atomic E-state index is 0. The Bertz CT molecular complexity index is 499. The molecule has 128 valence electrons. The van der Waals surface area contributed by atoms with Crippen LogP contribution in [0, 0.1) is 0 Å². The molecule has 2 heterocycles. The number of hydrogen-bond acceptors (Lipinski definition) is 4. The summed E-state index contributed by atoms with van der Waals surface area (Å²) in [5.74, 6) is 0.729. The van der Waals surface area contributed by atoms with Gasteiger partial charge in [0.05, 0.1) is 0 Å². The van der Waals surface area contributed by atoms with E-state index in [9.17, 15) is 4.79 Å². The second-order valence-corrected chi connectivity index (χ2v) is 6.24. The van der Waals surface area contributed by atoms with Crippen molar-refractivity contribution < 1.29 is 9.53 Å². The summed E-state index contributed by atoms with van der Waals surface area (Å²) >= 11 is 5.82. The van der Waals surface area contributed by atoms with Crippen LogP contribution in [0.2, 0.25) is 5.02 Å². The maximum Gasteiger partial charge on any atom is 0.260 e. The summed E-state index contributed by atoms with van der Waals surface area (Å²) in [5.41, 5.74) is 0. The van der Waals surface area contributed by atoms with Gasteiger partial charge in [0, 0.05) is 43.8 Å². The van der Waals surface area contributed by atoms with Crippen molar-refractivity contribution in [3.63, 3.8) is 0 Å². The van der Waals surface area contributed by atoms with E-state index < -0.39 is 0 Å². The highest BCUT2D eigenvalue weighted by Gasteiger charge is 2.27. The van der Waals surface area contributed by atoms with E-state index in [-0.39, 0.29) is 24.9 Å². The molecule has 0 aromatic heterocycles. The first kappa shape index (κ1) is 18.3. The lowest BCUT2D eigenvalue weighted by Gasteiger charge is -2.37. The summed E-state index contributed by atoms with van der Waals surface area (Å²) in [7, 11) is 0. The van der Waals surface area contributed by atoms with Crippen molar-refractivity contribution in [1.82, 2.24) is 15.1 Å². The van der Waals surface area contributed by atoms with E-state index in [0.29, 0.717) is 16.8 Å². The van der Waals surface area contributed by atoms with Crippen molar-refractivity contribution in [2.24, 2.45) is 0 Å². The maximum absolute atomic E-state index is 12.2. The van der Waals surface area contributed by atoms with E-state index in [0.717, 1.165) is 39.3 Å². The molecule has 2 aliphatic heterocycles. The van der Waals surface area contributed by atoms with Crippen molar-refractivity contribution in [3.8, 4) is 5.75 Å². The predicted molar refractivity (Wildman–Crippen MR) is 93.6 cm³/mol. The lowest BCUT2D eigenvalue weighted by Crippen LogP contribution is -2.53. The molecule has 1 aromatic carbocycles. The van der Waals surface area contributed by atoms with Gasteiger partial charge in [0.15, 0.2) is 6.61 Å². The number of halogens is 2. The summed E-state index contributed by atoms with van der Waals surface area (Å²) in [4.78, 5) is 16.6. The summed E-state index contributed by atoms with van der Waals surface area (Å²) in [6.07, 6.45) is 1.22. The third-order valence-corrected chi connectivity index (χ3v) is 4.65. The molecule has 0 bridgehead atoms. The van der Waals surface area contributed by atoms with E-state index in [4.69, 9.17) is 16.3 Å². The Morgan fingerprint density at radius 1 is 1.22 bits per heavy atom. The molecule has 0 aliphatic carbocycles. The first-order valence-electron chi connectivity index (χ1n) is 7.83. The second-order valence-electron chi connectivity index (χ2n) is 5.81. The second kappa shape index (κ2) is 8.73. The summed E-state index contributed by atoms with van der Waals surface area (Å²) in [6.45, 7) is 5.77. The fourth-order valence-corrected chi connectivity index (χ4v) is 3.18. The van der Waals surface area contributed by atoms with Crippen LogP contribution in [0.4, 0.5) is 0 Å². The van der Waals surface area contributed by atoms with Crippen LogP contribution in [0.25, 0.3) is 0 Å². The van der Waals surface area contributed by atoms with Gasteiger partial charge in [-0.25, -0.2) is 0 Å². The number of benzene rings is 1. The largest absolute Gasteiger partial charge is 0.484 e. The monoisotopic (exact) mass is 359 g/mol. The Morgan fingerprint density at radius 2 is 1.91 bits per heavy atom. The van der Waals surface area contributed by atoms with E-state index in [1.165, 1.54) is 6.42 Å². The Balaban J connectivity index is 0.00000192. The lowest BCUT2D eigenvalue weighted by atomic mass is 10.2. The summed E-state index contributed by atoms with van der Waals surface area (Å²) < 4.78 is 5.53. The van der Waals surface area contributed by atoms with Gasteiger partial charge in [0.25, 0.3) is 5.91 Å². The molecular formula is C16H23Cl2N3O2. The van der Waals surface area contributed by atoms with Gasteiger partial charge in [-0.1, -0.05) is 11.6 Å². The van der Waals surface area contributed by atoms with E-state index in [2.05, 4.69) is 10.2 Å². The van der Waals surface area contributed by atoms with Crippen molar-refractivity contribution in [1.29, 1.82) is 0 Å². The zero-order valence-corrected chi connectivity index (χ0v) is 14.6. The molecule has 1 unspecified atom stereocenters. The number of amides is 1. The summed E-state index contributed by atoms with van der Waals surface area (Å²) in [5, 5.41) is 4.06. The maximum atomic E-state index is 12.2. The molecule has 2 aliphatic rings. The van der Waals surface area contributed by atoms with Gasteiger partial charge in [0.1, 0.15) is 5.75 Å². The molecule has 3 rings (SSSR count). The Kier molecular flexibility index (Phi) is 6.96. The first-order valence-corrected chi connectivity index (χ1v) is 8.21. The van der Waals surface area contributed by atoms with Gasteiger partial charge >= 0.3 is 0 Å². The normalized spacial score (nSPS) is 21.8.